The molecule has 2 unspecified atom stereocenters. The van der Waals surface area contributed by atoms with E-state index in [0.717, 1.165) is 76.4 Å². The zero-order valence-corrected chi connectivity index (χ0v) is 36.5. The van der Waals surface area contributed by atoms with Gasteiger partial charge < -0.3 is 14.3 Å². The number of ketones is 1. The second-order valence-corrected chi connectivity index (χ2v) is 17.4. The molecule has 7 heteroatoms. The Bertz CT molecular complexity index is 2050. The smallest absolute Gasteiger partial charge is 0.164 e. The van der Waals surface area contributed by atoms with Gasteiger partial charge in [0.2, 0.25) is 0 Å². The van der Waals surface area contributed by atoms with E-state index in [4.69, 9.17) is 14.1 Å². The third-order valence-electron chi connectivity index (χ3n) is 11.7. The first-order chi connectivity index (χ1) is 24.0. The number of allylic oxidation sites excluding steroid dienone is 2. The molecule has 3 aromatic heterocycles. The number of aromatic nitrogens is 1. The first-order valence-corrected chi connectivity index (χ1v) is 19.8. The van der Waals surface area contributed by atoms with Gasteiger partial charge in [0.15, 0.2) is 5.78 Å². The number of fused-ring (bicyclic) bond motifs is 6. The summed E-state index contributed by atoms with van der Waals surface area (Å²) in [5.41, 5.74) is 5.62. The molecule has 1 radical (unpaired) electrons. The summed E-state index contributed by atoms with van der Waals surface area (Å²) in [6.45, 7) is 25.7. The first kappa shape index (κ1) is 41.8. The molecule has 0 spiro atoms. The molecule has 283 valence electrons. The number of thiophene rings is 1. The van der Waals surface area contributed by atoms with Gasteiger partial charge in [0.05, 0.1) is 5.39 Å². The van der Waals surface area contributed by atoms with Crippen LogP contribution < -0.4 is 4.74 Å². The van der Waals surface area contributed by atoms with Crippen molar-refractivity contribution < 1.29 is 39.2 Å². The molecule has 0 amide bonds. The quantitative estimate of drug-likeness (QED) is 0.0859. The molecule has 52 heavy (non-hydrogen) atoms. The van der Waals surface area contributed by atoms with Crippen LogP contribution in [0.4, 0.5) is 0 Å². The number of carbonyl (C=O) groups excluding carboxylic acids is 1. The van der Waals surface area contributed by atoms with Crippen LogP contribution in [0.3, 0.4) is 0 Å². The molecule has 2 aromatic carbocycles. The van der Waals surface area contributed by atoms with Crippen LogP contribution in [0.1, 0.15) is 132 Å². The summed E-state index contributed by atoms with van der Waals surface area (Å²) in [4.78, 5) is 17.1. The molecule has 5 aromatic rings. The first-order valence-electron chi connectivity index (χ1n) is 18.9. The van der Waals surface area contributed by atoms with Crippen molar-refractivity contribution in [2.24, 2.45) is 16.7 Å². The minimum Gasteiger partial charge on any atom is -0.512 e. The Balaban J connectivity index is 0.000000289. The maximum Gasteiger partial charge on any atom is 0.164 e. The van der Waals surface area contributed by atoms with Crippen LogP contribution in [0.5, 0.6) is 5.75 Å². The molecule has 1 aliphatic rings. The van der Waals surface area contributed by atoms with Gasteiger partial charge in [-0.1, -0.05) is 100 Å². The Hall–Kier alpha value is -2.99. The summed E-state index contributed by atoms with van der Waals surface area (Å²) in [7, 11) is 0. The van der Waals surface area contributed by atoms with Crippen LogP contribution in [0.2, 0.25) is 0 Å². The van der Waals surface area contributed by atoms with Crippen molar-refractivity contribution in [1.82, 2.24) is 4.98 Å². The second-order valence-electron chi connectivity index (χ2n) is 16.5. The summed E-state index contributed by atoms with van der Waals surface area (Å²) < 4.78 is 14.3. The number of rotatable bonds is 10. The number of hydrogen-bond acceptors (Lipinski definition) is 6. The van der Waals surface area contributed by atoms with Crippen LogP contribution in [0, 0.1) is 22.8 Å². The van der Waals surface area contributed by atoms with Crippen molar-refractivity contribution in [3.05, 3.63) is 70.9 Å². The van der Waals surface area contributed by atoms with Gasteiger partial charge >= 0.3 is 0 Å². The van der Waals surface area contributed by atoms with E-state index in [9.17, 15) is 9.90 Å². The van der Waals surface area contributed by atoms with Gasteiger partial charge in [0.1, 0.15) is 28.8 Å². The minimum absolute atomic E-state index is 0. The molecule has 6 rings (SSSR count). The maximum absolute atomic E-state index is 12.2. The molecule has 0 fully saturated rings. The van der Waals surface area contributed by atoms with Crippen LogP contribution in [0.15, 0.2) is 58.2 Å². The van der Waals surface area contributed by atoms with Crippen LogP contribution in [-0.4, -0.2) is 22.0 Å². The number of hydrogen-bond donors (Lipinski definition) is 1. The number of nitrogens with zero attached hydrogens (tertiary/aromatic N) is 1. The van der Waals surface area contributed by atoms with Gasteiger partial charge in [-0.3, -0.25) is 9.78 Å². The molecule has 2 atom stereocenters. The van der Waals surface area contributed by atoms with E-state index in [1.807, 2.05) is 53.8 Å². The standard InChI is InChI=1S/C30H30NO2S.C15H28O2.Ir/c1-16(2)13-24-17(3)20-7-8-22-26(28(20)33-24)25-23(32-22)9-11-31-27(25)19-14-18-10-12-34-29(18)21(15-19)30(4,5)6;1-7-14(5,8-2)12(16)11-13(17)15(6,9-3)10-4;/h7-12,15-17,24H,13H2,1-6H3;11,16H,7-10H2,1-6H3;/q-1;;/b;12-11-;. The summed E-state index contributed by atoms with van der Waals surface area (Å²) >= 11 is 1.78. The van der Waals surface area contributed by atoms with Gasteiger partial charge in [0.25, 0.3) is 0 Å². The molecular weight excluding hydrogens is 843 g/mol. The third kappa shape index (κ3) is 7.93. The number of ether oxygens (including phenoxy) is 1. The SMILES string of the molecule is CC(C)CC1Oc2c(ccc3oc4ccnc(-c5[c-]c6ccsc6c(C(C)(C)C)c5)c4c23)C1C.CCC(C)(CC)C(=O)/C=C(\O)C(C)(CC)CC.[Ir]. The monoisotopic (exact) mass is 901 g/mol. The van der Waals surface area contributed by atoms with Gasteiger partial charge in [-0.2, -0.15) is 11.3 Å². The summed E-state index contributed by atoms with van der Waals surface area (Å²) in [5.74, 6) is 2.19. The van der Waals surface area contributed by atoms with E-state index in [-0.39, 0.29) is 54.0 Å². The van der Waals surface area contributed by atoms with Gasteiger partial charge in [0, 0.05) is 65.8 Å². The molecular formula is C45H58IrNO4S-. The van der Waals surface area contributed by atoms with Gasteiger partial charge in [-0.05, 0) is 65.6 Å². The van der Waals surface area contributed by atoms with Crippen molar-refractivity contribution in [3.8, 4) is 17.0 Å². The van der Waals surface area contributed by atoms with Crippen LogP contribution >= 0.6 is 11.3 Å². The van der Waals surface area contributed by atoms with E-state index >= 15 is 0 Å². The Morgan fingerprint density at radius 1 is 0.962 bits per heavy atom. The van der Waals surface area contributed by atoms with Crippen molar-refractivity contribution in [3.63, 3.8) is 0 Å². The van der Waals surface area contributed by atoms with Crippen molar-refractivity contribution >= 4 is 49.1 Å². The molecule has 0 saturated carbocycles. The zero-order chi connectivity index (χ0) is 37.5. The Morgan fingerprint density at radius 3 is 2.19 bits per heavy atom. The Morgan fingerprint density at radius 2 is 1.60 bits per heavy atom. The van der Waals surface area contributed by atoms with Crippen LogP contribution in [0.25, 0.3) is 43.3 Å². The topological polar surface area (TPSA) is 72.6 Å². The van der Waals surface area contributed by atoms with E-state index in [0.29, 0.717) is 11.8 Å². The van der Waals surface area contributed by atoms with Crippen molar-refractivity contribution in [1.29, 1.82) is 0 Å². The van der Waals surface area contributed by atoms with E-state index in [2.05, 4.69) is 77.3 Å². The Labute approximate surface area is 329 Å². The predicted molar refractivity (Wildman–Crippen MR) is 215 cm³/mol. The fourth-order valence-corrected chi connectivity index (χ4v) is 8.11. The van der Waals surface area contributed by atoms with Crippen molar-refractivity contribution in [2.75, 3.05) is 0 Å². The van der Waals surface area contributed by atoms with Gasteiger partial charge in [-0.15, -0.1) is 23.6 Å². The molecule has 1 aliphatic heterocycles. The largest absolute Gasteiger partial charge is 0.512 e. The summed E-state index contributed by atoms with van der Waals surface area (Å²) in [6, 6.07) is 14.3. The fraction of sp³-hybridized carbons (Fsp3) is 0.511. The van der Waals surface area contributed by atoms with Gasteiger partial charge in [-0.25, -0.2) is 0 Å². The molecule has 1 N–H and O–H groups in total. The number of aliphatic hydroxyl groups is 1. The molecule has 0 bridgehead atoms. The summed E-state index contributed by atoms with van der Waals surface area (Å²) in [5, 5.41) is 15.5. The van der Waals surface area contributed by atoms with E-state index < -0.39 is 0 Å². The number of furan rings is 1. The normalized spacial score (nSPS) is 16.5. The van der Waals surface area contributed by atoms with Crippen LogP contribution in [-0.2, 0) is 30.3 Å². The third-order valence-corrected chi connectivity index (χ3v) is 12.6. The Kier molecular flexibility index (Phi) is 13.0. The number of carbonyl (C=O) groups is 1. The van der Waals surface area contributed by atoms with E-state index in [1.54, 1.807) is 11.3 Å². The minimum atomic E-state index is -0.337. The average Bonchev–Trinajstić information content (AvgIpc) is 3.81. The average molecular weight is 901 g/mol. The fourth-order valence-electron chi connectivity index (χ4n) is 7.03. The van der Waals surface area contributed by atoms with Crippen molar-refractivity contribution in [2.45, 2.75) is 133 Å². The molecule has 0 aliphatic carbocycles. The molecule has 5 nitrogen and oxygen atoms in total. The maximum atomic E-state index is 12.2. The number of pyridine rings is 1. The number of aliphatic hydroxyl groups excluding tert-OH is 1. The molecule has 4 heterocycles. The zero-order valence-electron chi connectivity index (χ0n) is 33.2. The predicted octanol–water partition coefficient (Wildman–Crippen LogP) is 13.5. The summed E-state index contributed by atoms with van der Waals surface area (Å²) in [6.07, 6.45) is 7.82. The molecule has 0 saturated heterocycles. The van der Waals surface area contributed by atoms with E-state index in [1.165, 1.54) is 21.9 Å². The number of benzene rings is 2. The second kappa shape index (κ2) is 16.2.